The second-order valence-electron chi connectivity index (χ2n) is 7.70. The summed E-state index contributed by atoms with van der Waals surface area (Å²) < 4.78 is 21.8. The second kappa shape index (κ2) is 8.37. The molecule has 3 heterocycles. The van der Waals surface area contributed by atoms with Gasteiger partial charge in [-0.2, -0.15) is 4.98 Å². The van der Waals surface area contributed by atoms with Crippen LogP contribution >= 0.6 is 0 Å². The van der Waals surface area contributed by atoms with Gasteiger partial charge in [0.15, 0.2) is 5.82 Å². The minimum atomic E-state index is -0.304. The first-order valence-electron chi connectivity index (χ1n) is 10.3. The van der Waals surface area contributed by atoms with E-state index in [1.54, 1.807) is 7.05 Å². The molecule has 2 aliphatic heterocycles. The topological polar surface area (TPSA) is 71.1 Å². The third-order valence-corrected chi connectivity index (χ3v) is 5.54. The van der Waals surface area contributed by atoms with Crippen molar-refractivity contribution < 1.29 is 9.13 Å². The average molecular weight is 397 g/mol. The third-order valence-electron chi connectivity index (χ3n) is 5.54. The molecule has 1 atom stereocenters. The molecule has 6 nitrogen and oxygen atoms in total. The zero-order chi connectivity index (χ0) is 20.4. The maximum Gasteiger partial charge on any atom is 0.229 e. The summed E-state index contributed by atoms with van der Waals surface area (Å²) >= 11 is 0. The van der Waals surface area contributed by atoms with Crippen molar-refractivity contribution in [3.63, 3.8) is 0 Å². The van der Waals surface area contributed by atoms with Crippen LogP contribution in [0, 0.1) is 12.7 Å². The lowest BCUT2D eigenvalue weighted by molar-refractivity contribution is 0.270. The number of fused-ring (bicyclic) bond motifs is 1. The lowest BCUT2D eigenvalue weighted by Gasteiger charge is -2.28. The Morgan fingerprint density at radius 2 is 2.14 bits per heavy atom. The van der Waals surface area contributed by atoms with Crippen molar-refractivity contribution in [2.75, 3.05) is 37.4 Å². The van der Waals surface area contributed by atoms with E-state index in [1.807, 2.05) is 19.1 Å². The molecule has 2 aromatic rings. The van der Waals surface area contributed by atoms with Crippen LogP contribution in [0.4, 0.5) is 21.8 Å². The fourth-order valence-corrected chi connectivity index (χ4v) is 3.96. The van der Waals surface area contributed by atoms with Gasteiger partial charge in [0.2, 0.25) is 5.95 Å². The second-order valence-corrected chi connectivity index (χ2v) is 7.70. The van der Waals surface area contributed by atoms with Gasteiger partial charge in [-0.05, 0) is 55.9 Å². The molecule has 1 aromatic carbocycles. The van der Waals surface area contributed by atoms with Gasteiger partial charge in [-0.1, -0.05) is 13.0 Å². The highest BCUT2D eigenvalue weighted by atomic mass is 19.1. The number of hydrogen-bond acceptors (Lipinski definition) is 6. The minimum Gasteiger partial charge on any atom is -0.493 e. The molecule has 1 aromatic heterocycles. The van der Waals surface area contributed by atoms with Crippen LogP contribution in [0.15, 0.2) is 18.2 Å². The molecule has 4 rings (SSSR count). The molecule has 0 radical (unpaired) electrons. The van der Waals surface area contributed by atoms with E-state index in [1.165, 1.54) is 0 Å². The summed E-state index contributed by atoms with van der Waals surface area (Å²) in [6.45, 7) is 6.34. The van der Waals surface area contributed by atoms with Gasteiger partial charge in [0.05, 0.1) is 17.9 Å². The first-order valence-corrected chi connectivity index (χ1v) is 10.3. The average Bonchev–Trinajstić information content (AvgIpc) is 2.98. The summed E-state index contributed by atoms with van der Waals surface area (Å²) in [4.78, 5) is 8.84. The van der Waals surface area contributed by atoms with Crippen molar-refractivity contribution >= 4 is 23.0 Å². The molecule has 0 bridgehead atoms. The van der Waals surface area contributed by atoms with E-state index in [4.69, 9.17) is 4.74 Å². The Morgan fingerprint density at radius 3 is 2.97 bits per heavy atom. The van der Waals surface area contributed by atoms with E-state index in [2.05, 4.69) is 38.9 Å². The molecule has 0 amide bonds. The van der Waals surface area contributed by atoms with E-state index in [0.717, 1.165) is 49.2 Å². The van der Waals surface area contributed by atoms with Crippen LogP contribution in [-0.4, -0.2) is 36.7 Å². The van der Waals surface area contributed by atoms with Crippen LogP contribution in [0.2, 0.25) is 0 Å². The molecule has 3 N–H and O–H groups in total. The Bertz CT molecular complexity index is 943. The Kier molecular flexibility index (Phi) is 5.67. The normalized spacial score (nSPS) is 18.9. The summed E-state index contributed by atoms with van der Waals surface area (Å²) in [6, 6.07) is 3.71. The lowest BCUT2D eigenvalue weighted by atomic mass is 9.88. The molecule has 0 spiro atoms. The number of anilines is 3. The first kappa shape index (κ1) is 19.6. The highest BCUT2D eigenvalue weighted by Crippen LogP contribution is 2.44. The van der Waals surface area contributed by atoms with E-state index in [9.17, 15) is 0 Å². The number of benzene rings is 1. The number of rotatable bonds is 4. The Hall–Kier alpha value is -2.67. The number of nitrogens with one attached hydrogen (secondary N) is 3. The molecule has 2 aliphatic rings. The van der Waals surface area contributed by atoms with Gasteiger partial charge >= 0.3 is 0 Å². The number of aromatic nitrogens is 2. The molecule has 0 fully saturated rings. The van der Waals surface area contributed by atoms with Crippen LogP contribution in [0.25, 0.3) is 5.57 Å². The van der Waals surface area contributed by atoms with Gasteiger partial charge in [0.25, 0.3) is 0 Å². The quantitative estimate of drug-likeness (QED) is 0.712. The molecule has 0 saturated carbocycles. The largest absolute Gasteiger partial charge is 0.493 e. The smallest absolute Gasteiger partial charge is 0.229 e. The molecule has 0 unspecified atom stereocenters. The molecular formula is C22H28FN5O. The van der Waals surface area contributed by atoms with Crippen LogP contribution in [0.1, 0.15) is 48.9 Å². The van der Waals surface area contributed by atoms with E-state index >= 15 is 4.39 Å². The van der Waals surface area contributed by atoms with Gasteiger partial charge in [-0.3, -0.25) is 0 Å². The maximum absolute atomic E-state index is 15.8. The summed E-state index contributed by atoms with van der Waals surface area (Å²) in [5.74, 6) is 1.76. The van der Waals surface area contributed by atoms with E-state index in [-0.39, 0.29) is 5.82 Å². The van der Waals surface area contributed by atoms with Gasteiger partial charge in [0, 0.05) is 25.4 Å². The summed E-state index contributed by atoms with van der Waals surface area (Å²) in [7, 11) is 1.80. The summed E-state index contributed by atoms with van der Waals surface area (Å²) in [5.41, 5.74) is 3.82. The van der Waals surface area contributed by atoms with Crippen LogP contribution in [0.3, 0.4) is 0 Å². The van der Waals surface area contributed by atoms with E-state index in [0.29, 0.717) is 41.3 Å². The highest BCUT2D eigenvalue weighted by Gasteiger charge is 2.28. The number of allylic oxidation sites excluding steroid dienone is 1. The van der Waals surface area contributed by atoms with Crippen LogP contribution < -0.4 is 20.7 Å². The number of aryl methyl sites for hydroxylation is 1. The van der Waals surface area contributed by atoms with E-state index < -0.39 is 0 Å². The summed E-state index contributed by atoms with van der Waals surface area (Å²) in [5, 5.41) is 9.48. The number of halogens is 1. The molecule has 154 valence electrons. The maximum atomic E-state index is 15.8. The predicted octanol–water partition coefficient (Wildman–Crippen LogP) is 4.36. The van der Waals surface area contributed by atoms with Gasteiger partial charge in [0.1, 0.15) is 11.6 Å². The lowest BCUT2D eigenvalue weighted by Crippen LogP contribution is -2.16. The van der Waals surface area contributed by atoms with Crippen molar-refractivity contribution in [2.24, 2.45) is 0 Å². The minimum absolute atomic E-state index is 0.300. The highest BCUT2D eigenvalue weighted by molar-refractivity contribution is 5.78. The van der Waals surface area contributed by atoms with Crippen molar-refractivity contribution in [2.45, 2.75) is 39.0 Å². The Balaban J connectivity index is 1.82. The molecule has 29 heavy (non-hydrogen) atoms. The summed E-state index contributed by atoms with van der Waals surface area (Å²) in [6.07, 6.45) is 4.80. The van der Waals surface area contributed by atoms with Crippen LogP contribution in [-0.2, 0) is 0 Å². The Labute approximate surface area is 171 Å². The fourth-order valence-electron chi connectivity index (χ4n) is 3.96. The zero-order valence-corrected chi connectivity index (χ0v) is 17.2. The number of ether oxygens (including phenoxy) is 1. The number of hydrogen-bond donors (Lipinski definition) is 3. The van der Waals surface area contributed by atoms with Crippen molar-refractivity contribution in [1.82, 2.24) is 15.3 Å². The third kappa shape index (κ3) is 4.05. The van der Waals surface area contributed by atoms with Gasteiger partial charge in [-0.25, -0.2) is 9.37 Å². The molecule has 0 aliphatic carbocycles. The fraction of sp³-hybridized carbons (Fsp3) is 0.455. The monoisotopic (exact) mass is 397 g/mol. The van der Waals surface area contributed by atoms with Crippen molar-refractivity contribution in [3.8, 4) is 5.75 Å². The van der Waals surface area contributed by atoms with Gasteiger partial charge < -0.3 is 20.7 Å². The van der Waals surface area contributed by atoms with Crippen molar-refractivity contribution in [1.29, 1.82) is 0 Å². The molecule has 0 saturated heterocycles. The van der Waals surface area contributed by atoms with Crippen LogP contribution in [0.5, 0.6) is 5.75 Å². The zero-order valence-electron chi connectivity index (χ0n) is 17.2. The molecule has 7 heteroatoms. The SMILES string of the molecule is CNc1cc(C)nc(Nc2cc3c(c(C4=CCNCCC4)c2F)OCC[C@H]3C)n1. The standard InChI is InChI=1S/C22H28FN5O/c1-13-7-10-29-21-16(13)12-17(27-22-26-14(2)11-18(24-3)28-22)20(23)19(21)15-5-4-8-25-9-6-15/h6,11-13,25H,4-5,7-10H2,1-3H3,(H2,24,26,27,28)/t13-/m1/s1. The molecular weight excluding hydrogens is 369 g/mol. The first-order chi connectivity index (χ1) is 14.1. The van der Waals surface area contributed by atoms with Crippen molar-refractivity contribution in [3.05, 3.63) is 40.8 Å². The number of nitrogens with zero attached hydrogens (tertiary/aromatic N) is 2. The predicted molar refractivity (Wildman–Crippen MR) is 115 cm³/mol. The Morgan fingerprint density at radius 1 is 1.28 bits per heavy atom. The van der Waals surface area contributed by atoms with Gasteiger partial charge in [-0.15, -0.1) is 0 Å².